The van der Waals surface area contributed by atoms with E-state index in [0.29, 0.717) is 11.6 Å². The molecule has 1 saturated heterocycles. The Kier molecular flexibility index (Phi) is 4.33. The molecule has 1 aliphatic heterocycles. The molecule has 1 atom stereocenters. The highest BCUT2D eigenvalue weighted by Gasteiger charge is 2.20. The van der Waals surface area contributed by atoms with Gasteiger partial charge >= 0.3 is 5.97 Å². The Labute approximate surface area is 108 Å². The van der Waals surface area contributed by atoms with Crippen molar-refractivity contribution >= 4 is 5.97 Å². The summed E-state index contributed by atoms with van der Waals surface area (Å²) in [5.74, 6) is -0.866. The summed E-state index contributed by atoms with van der Waals surface area (Å²) in [6.45, 7) is 6.24. The maximum absolute atomic E-state index is 10.8. The summed E-state index contributed by atoms with van der Waals surface area (Å²) in [4.78, 5) is 13.2. The molecule has 4 heteroatoms. The number of hydrogen-bond donors (Lipinski definition) is 2. The minimum absolute atomic E-state index is 0.353. The van der Waals surface area contributed by atoms with E-state index in [2.05, 4.69) is 17.1 Å². The fraction of sp³-hybridized carbons (Fsp3) is 0.500. The van der Waals surface area contributed by atoms with Gasteiger partial charge in [0.25, 0.3) is 0 Å². The Morgan fingerprint density at radius 3 is 2.78 bits per heavy atom. The van der Waals surface area contributed by atoms with Crippen LogP contribution in [0.4, 0.5) is 0 Å². The van der Waals surface area contributed by atoms with E-state index in [1.165, 1.54) is 5.56 Å². The molecule has 1 fully saturated rings. The van der Waals surface area contributed by atoms with Crippen LogP contribution < -0.4 is 5.32 Å². The van der Waals surface area contributed by atoms with Crippen molar-refractivity contribution < 1.29 is 9.90 Å². The first-order chi connectivity index (χ1) is 8.70. The molecule has 2 N–H and O–H groups in total. The fourth-order valence-corrected chi connectivity index (χ4v) is 2.40. The number of nitrogens with one attached hydrogen (secondary N) is 1. The monoisotopic (exact) mass is 248 g/mol. The van der Waals surface area contributed by atoms with E-state index in [1.54, 1.807) is 12.1 Å². The highest BCUT2D eigenvalue weighted by molar-refractivity contribution is 5.87. The predicted molar refractivity (Wildman–Crippen MR) is 70.8 cm³/mol. The predicted octanol–water partition coefficient (Wildman–Crippen LogP) is 1.57. The van der Waals surface area contributed by atoms with Gasteiger partial charge in [0, 0.05) is 32.2 Å². The minimum Gasteiger partial charge on any atom is -0.478 e. The third-order valence-electron chi connectivity index (χ3n) is 3.53. The summed E-state index contributed by atoms with van der Waals surface area (Å²) >= 11 is 0. The van der Waals surface area contributed by atoms with Crippen molar-refractivity contribution in [3.63, 3.8) is 0 Å². The highest BCUT2D eigenvalue weighted by atomic mass is 16.4. The fourth-order valence-electron chi connectivity index (χ4n) is 2.40. The van der Waals surface area contributed by atoms with Crippen molar-refractivity contribution in [1.82, 2.24) is 10.2 Å². The maximum Gasteiger partial charge on any atom is 0.335 e. The lowest BCUT2D eigenvalue weighted by molar-refractivity contribution is 0.0697. The Hall–Kier alpha value is -1.39. The van der Waals surface area contributed by atoms with E-state index >= 15 is 0 Å². The van der Waals surface area contributed by atoms with Gasteiger partial charge in [-0.1, -0.05) is 19.1 Å². The molecule has 1 aromatic carbocycles. The van der Waals surface area contributed by atoms with E-state index in [0.717, 1.165) is 32.6 Å². The number of piperazine rings is 1. The third-order valence-corrected chi connectivity index (χ3v) is 3.53. The average Bonchev–Trinajstić information content (AvgIpc) is 2.40. The van der Waals surface area contributed by atoms with E-state index < -0.39 is 5.97 Å². The Balaban J connectivity index is 2.01. The van der Waals surface area contributed by atoms with E-state index in [9.17, 15) is 4.79 Å². The van der Waals surface area contributed by atoms with Crippen LogP contribution in [0.25, 0.3) is 0 Å². The van der Waals surface area contributed by atoms with Crippen LogP contribution >= 0.6 is 0 Å². The van der Waals surface area contributed by atoms with Crippen molar-refractivity contribution in [2.24, 2.45) is 0 Å². The number of nitrogens with zero attached hydrogens (tertiary/aromatic N) is 1. The summed E-state index contributed by atoms with van der Waals surface area (Å²) in [6.07, 6.45) is 1.14. The second-order valence-electron chi connectivity index (χ2n) is 4.74. The van der Waals surface area contributed by atoms with Gasteiger partial charge in [-0.2, -0.15) is 0 Å². The third kappa shape index (κ3) is 3.09. The van der Waals surface area contributed by atoms with Gasteiger partial charge in [0.15, 0.2) is 0 Å². The minimum atomic E-state index is -0.866. The zero-order valence-corrected chi connectivity index (χ0v) is 10.7. The standard InChI is InChI=1S/C14H20N2O2/c1-2-13-9-15-7-8-16(13)10-11-3-5-12(6-4-11)14(17)18/h3-6,13,15H,2,7-10H2,1H3,(H,17,18)/t13-/m0/s1. The van der Waals surface area contributed by atoms with Gasteiger partial charge in [0.05, 0.1) is 5.56 Å². The van der Waals surface area contributed by atoms with Gasteiger partial charge < -0.3 is 10.4 Å². The van der Waals surface area contributed by atoms with Crippen molar-refractivity contribution in [2.75, 3.05) is 19.6 Å². The smallest absolute Gasteiger partial charge is 0.335 e. The van der Waals surface area contributed by atoms with Crippen LogP contribution in [0.1, 0.15) is 29.3 Å². The van der Waals surface area contributed by atoms with Crippen LogP contribution in [-0.4, -0.2) is 41.7 Å². The number of carboxylic acid groups (broad SMARTS) is 1. The first-order valence-electron chi connectivity index (χ1n) is 6.47. The normalized spacial score (nSPS) is 20.8. The molecule has 1 heterocycles. The lowest BCUT2D eigenvalue weighted by Crippen LogP contribution is -2.50. The molecule has 2 rings (SSSR count). The quantitative estimate of drug-likeness (QED) is 0.849. The molecule has 0 radical (unpaired) electrons. The molecular formula is C14H20N2O2. The first-order valence-corrected chi connectivity index (χ1v) is 6.47. The largest absolute Gasteiger partial charge is 0.478 e. The van der Waals surface area contributed by atoms with Crippen molar-refractivity contribution in [3.8, 4) is 0 Å². The number of benzene rings is 1. The molecule has 0 aromatic heterocycles. The molecule has 0 saturated carbocycles. The molecule has 0 amide bonds. The van der Waals surface area contributed by atoms with E-state index in [1.807, 2.05) is 12.1 Å². The van der Waals surface area contributed by atoms with Crippen LogP contribution in [0.15, 0.2) is 24.3 Å². The summed E-state index contributed by atoms with van der Waals surface area (Å²) in [5, 5.41) is 12.3. The van der Waals surface area contributed by atoms with Crippen LogP contribution in [0.2, 0.25) is 0 Å². The zero-order chi connectivity index (χ0) is 13.0. The molecule has 18 heavy (non-hydrogen) atoms. The maximum atomic E-state index is 10.8. The molecular weight excluding hydrogens is 228 g/mol. The number of aromatic carboxylic acids is 1. The zero-order valence-electron chi connectivity index (χ0n) is 10.7. The van der Waals surface area contributed by atoms with Crippen molar-refractivity contribution in [2.45, 2.75) is 25.9 Å². The van der Waals surface area contributed by atoms with E-state index in [-0.39, 0.29) is 0 Å². The first kappa shape index (κ1) is 13.1. The molecule has 0 unspecified atom stereocenters. The lowest BCUT2D eigenvalue weighted by atomic mass is 10.1. The number of rotatable bonds is 4. The Morgan fingerprint density at radius 1 is 1.44 bits per heavy atom. The summed E-state index contributed by atoms with van der Waals surface area (Å²) in [7, 11) is 0. The highest BCUT2D eigenvalue weighted by Crippen LogP contribution is 2.13. The van der Waals surface area contributed by atoms with Crippen molar-refractivity contribution in [3.05, 3.63) is 35.4 Å². The van der Waals surface area contributed by atoms with Crippen LogP contribution in [-0.2, 0) is 6.54 Å². The van der Waals surface area contributed by atoms with Crippen LogP contribution in [0, 0.1) is 0 Å². The van der Waals surface area contributed by atoms with E-state index in [4.69, 9.17) is 5.11 Å². The molecule has 1 aliphatic rings. The molecule has 0 spiro atoms. The topological polar surface area (TPSA) is 52.6 Å². The van der Waals surface area contributed by atoms with Gasteiger partial charge in [-0.05, 0) is 24.1 Å². The van der Waals surface area contributed by atoms with Crippen LogP contribution in [0.5, 0.6) is 0 Å². The Bertz CT molecular complexity index is 403. The number of hydrogen-bond acceptors (Lipinski definition) is 3. The molecule has 4 nitrogen and oxygen atoms in total. The molecule has 0 aliphatic carbocycles. The van der Waals surface area contributed by atoms with Gasteiger partial charge in [-0.25, -0.2) is 4.79 Å². The SMILES string of the molecule is CC[C@H]1CNCCN1Cc1ccc(C(=O)O)cc1. The summed E-state index contributed by atoms with van der Waals surface area (Å²) < 4.78 is 0. The number of carboxylic acids is 1. The second kappa shape index (κ2) is 5.98. The number of carbonyl (C=O) groups is 1. The van der Waals surface area contributed by atoms with Crippen molar-refractivity contribution in [1.29, 1.82) is 0 Å². The molecule has 0 bridgehead atoms. The van der Waals surface area contributed by atoms with Gasteiger partial charge in [0.1, 0.15) is 0 Å². The van der Waals surface area contributed by atoms with Gasteiger partial charge in [-0.3, -0.25) is 4.90 Å². The van der Waals surface area contributed by atoms with Crippen LogP contribution in [0.3, 0.4) is 0 Å². The Morgan fingerprint density at radius 2 is 2.17 bits per heavy atom. The van der Waals surface area contributed by atoms with Gasteiger partial charge in [0.2, 0.25) is 0 Å². The average molecular weight is 248 g/mol. The summed E-state index contributed by atoms with van der Waals surface area (Å²) in [6, 6.07) is 7.77. The second-order valence-corrected chi connectivity index (χ2v) is 4.74. The van der Waals surface area contributed by atoms with Gasteiger partial charge in [-0.15, -0.1) is 0 Å². The lowest BCUT2D eigenvalue weighted by Gasteiger charge is -2.35. The summed E-state index contributed by atoms with van der Waals surface area (Å²) in [5.41, 5.74) is 1.53. The molecule has 1 aromatic rings. The molecule has 98 valence electrons.